The van der Waals surface area contributed by atoms with Crippen molar-refractivity contribution in [1.29, 1.82) is 0 Å². The lowest BCUT2D eigenvalue weighted by atomic mass is 10.2. The Morgan fingerprint density at radius 3 is 1.62 bits per heavy atom. The second kappa shape index (κ2) is 2.75. The van der Waals surface area contributed by atoms with Crippen LogP contribution in [0.3, 0.4) is 0 Å². The van der Waals surface area contributed by atoms with E-state index in [0.29, 0.717) is 13.1 Å². The lowest BCUT2D eigenvalue weighted by Gasteiger charge is -2.48. The summed E-state index contributed by atoms with van der Waals surface area (Å²) in [4.78, 5) is 32.0. The Bertz CT molecular complexity index is 351. The third kappa shape index (κ3) is 0.860. The maximum Gasteiger partial charge on any atom is 0.313 e. The van der Waals surface area contributed by atoms with Gasteiger partial charge in [0.1, 0.15) is 12.3 Å². The Hall–Kier alpha value is -1.14. The van der Waals surface area contributed by atoms with Crippen molar-refractivity contribution in [2.24, 2.45) is 0 Å². The van der Waals surface area contributed by atoms with Gasteiger partial charge in [0.2, 0.25) is 0 Å². The van der Waals surface area contributed by atoms with E-state index in [1.165, 1.54) is 0 Å². The standard InChI is InChI=1S/C10H14N4O2/c15-9-10(16)14-6-4-12-2-1-11-3-5-13(9)8(14)7(11)12/h7-8H,1-6H2. The highest BCUT2D eigenvalue weighted by Gasteiger charge is 2.57. The summed E-state index contributed by atoms with van der Waals surface area (Å²) in [6.07, 6.45) is 0.253. The molecule has 0 unspecified atom stereocenters. The SMILES string of the molecule is O=C1C(=O)N2CCN3CCN4CCN1C2C43. The Morgan fingerprint density at radius 1 is 0.688 bits per heavy atom. The van der Waals surface area contributed by atoms with Crippen molar-refractivity contribution in [3.63, 3.8) is 0 Å². The second-order valence-corrected chi connectivity index (χ2v) is 4.90. The van der Waals surface area contributed by atoms with Crippen LogP contribution in [0.2, 0.25) is 0 Å². The molecule has 0 radical (unpaired) electrons. The van der Waals surface area contributed by atoms with Crippen molar-refractivity contribution in [2.75, 3.05) is 39.3 Å². The highest BCUT2D eigenvalue weighted by molar-refractivity contribution is 6.36. The minimum atomic E-state index is -0.293. The molecule has 0 aromatic rings. The van der Waals surface area contributed by atoms with Gasteiger partial charge in [0.25, 0.3) is 0 Å². The number of hydrogen-bond donors (Lipinski definition) is 0. The Morgan fingerprint density at radius 2 is 1.12 bits per heavy atom. The van der Waals surface area contributed by atoms with Crippen LogP contribution in [0.5, 0.6) is 0 Å². The number of carbonyl (C=O) groups is 2. The molecule has 2 amide bonds. The molecule has 4 aliphatic rings. The lowest BCUT2D eigenvalue weighted by molar-refractivity contribution is -0.143. The van der Waals surface area contributed by atoms with Crippen molar-refractivity contribution in [3.8, 4) is 0 Å². The van der Waals surface area contributed by atoms with Crippen molar-refractivity contribution in [1.82, 2.24) is 19.6 Å². The summed E-state index contributed by atoms with van der Waals surface area (Å²) in [5.74, 6) is -0.586. The van der Waals surface area contributed by atoms with E-state index in [-0.39, 0.29) is 24.1 Å². The summed E-state index contributed by atoms with van der Waals surface area (Å²) < 4.78 is 0. The number of carbonyl (C=O) groups excluding carboxylic acids is 2. The predicted molar refractivity (Wildman–Crippen MR) is 54.1 cm³/mol. The topological polar surface area (TPSA) is 47.1 Å². The minimum absolute atomic E-state index is 0.00926. The Labute approximate surface area is 93.4 Å². The fourth-order valence-electron chi connectivity index (χ4n) is 3.53. The van der Waals surface area contributed by atoms with Gasteiger partial charge in [0, 0.05) is 39.3 Å². The van der Waals surface area contributed by atoms with E-state index in [9.17, 15) is 9.59 Å². The second-order valence-electron chi connectivity index (χ2n) is 4.90. The van der Waals surface area contributed by atoms with Crippen molar-refractivity contribution in [3.05, 3.63) is 0 Å². The predicted octanol–water partition coefficient (Wildman–Crippen LogP) is -2.05. The van der Waals surface area contributed by atoms with Crippen LogP contribution in [0, 0.1) is 0 Å². The average Bonchev–Trinajstić information content (AvgIpc) is 2.82. The van der Waals surface area contributed by atoms with Gasteiger partial charge in [-0.1, -0.05) is 0 Å². The molecule has 86 valence electrons. The van der Waals surface area contributed by atoms with Gasteiger partial charge in [0.05, 0.1) is 0 Å². The highest BCUT2D eigenvalue weighted by atomic mass is 16.2. The van der Waals surface area contributed by atoms with Crippen molar-refractivity contribution >= 4 is 11.8 Å². The quantitative estimate of drug-likeness (QED) is 0.443. The number of rotatable bonds is 0. The number of nitrogens with zero attached hydrogens (tertiary/aromatic N) is 4. The lowest BCUT2D eigenvalue weighted by Crippen LogP contribution is -2.67. The molecular formula is C10H14N4O2. The zero-order valence-electron chi connectivity index (χ0n) is 9.00. The first-order chi connectivity index (χ1) is 7.77. The summed E-state index contributed by atoms with van der Waals surface area (Å²) >= 11 is 0. The van der Waals surface area contributed by atoms with E-state index in [2.05, 4.69) is 9.80 Å². The molecule has 4 fully saturated rings. The van der Waals surface area contributed by atoms with Crippen molar-refractivity contribution in [2.45, 2.75) is 12.3 Å². The third-order valence-corrected chi connectivity index (χ3v) is 4.29. The molecule has 4 heterocycles. The molecule has 0 bridgehead atoms. The van der Waals surface area contributed by atoms with Gasteiger partial charge in [-0.15, -0.1) is 0 Å². The molecule has 6 heteroatoms. The van der Waals surface area contributed by atoms with Gasteiger partial charge < -0.3 is 9.80 Å². The smallest absolute Gasteiger partial charge is 0.310 e. The molecule has 4 rings (SSSR count). The van der Waals surface area contributed by atoms with E-state index in [4.69, 9.17) is 0 Å². The first-order valence-electron chi connectivity index (χ1n) is 5.87. The first-order valence-corrected chi connectivity index (χ1v) is 5.87. The molecule has 4 saturated heterocycles. The molecule has 0 atom stereocenters. The fourth-order valence-corrected chi connectivity index (χ4v) is 3.53. The van der Waals surface area contributed by atoms with E-state index >= 15 is 0 Å². The van der Waals surface area contributed by atoms with Gasteiger partial charge in [-0.3, -0.25) is 19.4 Å². The van der Waals surface area contributed by atoms with Crippen LogP contribution in [0.4, 0.5) is 0 Å². The maximum absolute atomic E-state index is 11.8. The molecule has 0 aromatic heterocycles. The summed E-state index contributed by atoms with van der Waals surface area (Å²) in [7, 11) is 0. The normalized spacial score (nSPS) is 38.5. The first kappa shape index (κ1) is 8.95. The van der Waals surface area contributed by atoms with Gasteiger partial charge in [-0.2, -0.15) is 0 Å². The number of hydrogen-bond acceptors (Lipinski definition) is 4. The molecule has 0 spiro atoms. The molecule has 0 aliphatic carbocycles. The fraction of sp³-hybridized carbons (Fsp3) is 0.800. The number of piperazine rings is 2. The Kier molecular flexibility index (Phi) is 1.54. The highest BCUT2D eigenvalue weighted by Crippen LogP contribution is 2.34. The summed E-state index contributed by atoms with van der Waals surface area (Å²) in [5, 5.41) is 0. The molecule has 16 heavy (non-hydrogen) atoms. The van der Waals surface area contributed by atoms with Crippen LogP contribution in [-0.2, 0) is 9.59 Å². The van der Waals surface area contributed by atoms with Gasteiger partial charge in [-0.05, 0) is 0 Å². The van der Waals surface area contributed by atoms with Crippen LogP contribution in [0.15, 0.2) is 0 Å². The average molecular weight is 222 g/mol. The number of amides is 2. The van der Waals surface area contributed by atoms with E-state index in [1.54, 1.807) is 9.80 Å². The van der Waals surface area contributed by atoms with Gasteiger partial charge >= 0.3 is 11.8 Å². The molecule has 0 aromatic carbocycles. The van der Waals surface area contributed by atoms with Gasteiger partial charge in [0.15, 0.2) is 0 Å². The zero-order valence-corrected chi connectivity index (χ0v) is 9.00. The van der Waals surface area contributed by atoms with Crippen LogP contribution >= 0.6 is 0 Å². The Balaban J connectivity index is 1.79. The molecule has 0 saturated carbocycles. The summed E-state index contributed by atoms with van der Waals surface area (Å²) in [5.41, 5.74) is 0. The molecule has 4 aliphatic heterocycles. The van der Waals surface area contributed by atoms with Crippen molar-refractivity contribution < 1.29 is 9.59 Å². The van der Waals surface area contributed by atoms with Crippen LogP contribution < -0.4 is 0 Å². The largest absolute Gasteiger partial charge is 0.313 e. The van der Waals surface area contributed by atoms with Gasteiger partial charge in [-0.25, -0.2) is 0 Å². The molecular weight excluding hydrogens is 208 g/mol. The summed E-state index contributed by atoms with van der Waals surface area (Å²) in [6.45, 7) is 5.37. The van der Waals surface area contributed by atoms with Crippen LogP contribution in [-0.4, -0.2) is 83.0 Å². The van der Waals surface area contributed by atoms with Crippen LogP contribution in [0.1, 0.15) is 0 Å². The zero-order chi connectivity index (χ0) is 10.9. The van der Waals surface area contributed by atoms with E-state index < -0.39 is 0 Å². The summed E-state index contributed by atoms with van der Waals surface area (Å²) in [6, 6.07) is 0. The monoisotopic (exact) mass is 222 g/mol. The molecule has 0 N–H and O–H groups in total. The van der Waals surface area contributed by atoms with E-state index in [0.717, 1.165) is 26.2 Å². The minimum Gasteiger partial charge on any atom is -0.310 e. The van der Waals surface area contributed by atoms with Crippen LogP contribution in [0.25, 0.3) is 0 Å². The van der Waals surface area contributed by atoms with E-state index in [1.807, 2.05) is 0 Å². The molecule has 6 nitrogen and oxygen atoms in total. The third-order valence-electron chi connectivity index (χ3n) is 4.29. The maximum atomic E-state index is 11.8.